The van der Waals surface area contributed by atoms with Gasteiger partial charge in [0, 0.05) is 12.6 Å². The van der Waals surface area contributed by atoms with E-state index in [1.807, 2.05) is 48.5 Å². The number of imidazole rings is 1. The van der Waals surface area contributed by atoms with Gasteiger partial charge in [-0.15, -0.1) is 0 Å². The zero-order chi connectivity index (χ0) is 19.7. The van der Waals surface area contributed by atoms with Crippen LogP contribution in [0.3, 0.4) is 0 Å². The molecule has 2 aromatic heterocycles. The highest BCUT2D eigenvalue weighted by atomic mass is 32.2. The second-order valence-electron chi connectivity index (χ2n) is 6.20. The lowest BCUT2D eigenvalue weighted by Crippen LogP contribution is -2.28. The lowest BCUT2D eigenvalue weighted by atomic mass is 10.0. The molecule has 2 N–H and O–H groups in total. The second-order valence-corrected chi connectivity index (χ2v) is 7.29. The van der Waals surface area contributed by atoms with Gasteiger partial charge >= 0.3 is 5.69 Å². The zero-order valence-electron chi connectivity index (χ0n) is 14.9. The quantitative estimate of drug-likeness (QED) is 0.402. The minimum Gasteiger partial charge on any atom is -0.327 e. The Hall–Kier alpha value is -3.39. The van der Waals surface area contributed by atoms with Crippen LogP contribution in [-0.4, -0.2) is 25.3 Å². The highest BCUT2D eigenvalue weighted by molar-refractivity contribution is 8.00. The van der Waals surface area contributed by atoms with Crippen molar-refractivity contribution in [3.63, 3.8) is 0 Å². The van der Waals surface area contributed by atoms with E-state index in [1.165, 1.54) is 23.4 Å². The lowest BCUT2D eigenvalue weighted by Gasteiger charge is -2.14. The van der Waals surface area contributed by atoms with Gasteiger partial charge in [-0.05, 0) is 5.56 Å². The molecule has 0 aliphatic carbocycles. The van der Waals surface area contributed by atoms with Gasteiger partial charge in [0.05, 0.1) is 0 Å². The first kappa shape index (κ1) is 18.0. The van der Waals surface area contributed by atoms with E-state index in [0.29, 0.717) is 10.7 Å². The van der Waals surface area contributed by atoms with E-state index in [0.717, 1.165) is 5.56 Å². The molecule has 0 radical (unpaired) electrons. The van der Waals surface area contributed by atoms with Crippen molar-refractivity contribution in [2.45, 2.75) is 10.4 Å². The Bertz CT molecular complexity index is 1260. The third kappa shape index (κ3) is 3.29. The van der Waals surface area contributed by atoms with Crippen molar-refractivity contribution in [2.24, 2.45) is 7.05 Å². The molecule has 4 aromatic rings. The average Bonchev–Trinajstić information content (AvgIpc) is 3.16. The van der Waals surface area contributed by atoms with E-state index in [1.54, 1.807) is 12.1 Å². The molecule has 2 heterocycles. The van der Waals surface area contributed by atoms with Crippen molar-refractivity contribution in [3.05, 3.63) is 92.6 Å². The van der Waals surface area contributed by atoms with Gasteiger partial charge in [-0.25, -0.2) is 9.78 Å². The number of hydrogen-bond acceptors (Lipinski definition) is 5. The first-order chi connectivity index (χ1) is 13.5. The van der Waals surface area contributed by atoms with Crippen LogP contribution in [0.25, 0.3) is 11.2 Å². The Labute approximate surface area is 163 Å². The molecule has 8 heteroatoms. The van der Waals surface area contributed by atoms with Crippen LogP contribution in [-0.2, 0) is 7.05 Å². The molecule has 1 unspecified atom stereocenters. The maximum atomic E-state index is 13.2. The number of carbonyl (C=O) groups excluding carboxylic acids is 1. The highest BCUT2D eigenvalue weighted by Gasteiger charge is 2.25. The SMILES string of the molecule is Cn1c(=O)[nH]c(=O)c2[nH]c(SC(C(=O)c3ccccc3)c3ccccc3)nc21. The molecule has 28 heavy (non-hydrogen) atoms. The number of aromatic amines is 2. The number of aryl methyl sites for hydroxylation is 1. The highest BCUT2D eigenvalue weighted by Crippen LogP contribution is 2.36. The van der Waals surface area contributed by atoms with Crippen molar-refractivity contribution >= 4 is 28.7 Å². The van der Waals surface area contributed by atoms with Crippen LogP contribution in [0.1, 0.15) is 21.2 Å². The van der Waals surface area contributed by atoms with Gasteiger partial charge in [-0.2, -0.15) is 0 Å². The summed E-state index contributed by atoms with van der Waals surface area (Å²) in [6, 6.07) is 18.4. The van der Waals surface area contributed by atoms with Gasteiger partial charge in [-0.1, -0.05) is 72.4 Å². The van der Waals surface area contributed by atoms with E-state index in [2.05, 4.69) is 15.0 Å². The third-order valence-electron chi connectivity index (χ3n) is 4.36. The van der Waals surface area contributed by atoms with Crippen LogP contribution in [0, 0.1) is 0 Å². The van der Waals surface area contributed by atoms with Crippen molar-refractivity contribution in [1.82, 2.24) is 19.5 Å². The summed E-state index contributed by atoms with van der Waals surface area (Å²) < 4.78 is 1.26. The van der Waals surface area contributed by atoms with Crippen molar-refractivity contribution < 1.29 is 4.79 Å². The number of carbonyl (C=O) groups is 1. The van der Waals surface area contributed by atoms with Crippen molar-refractivity contribution in [3.8, 4) is 0 Å². The number of benzene rings is 2. The standard InChI is InChI=1S/C20H16N4O3S/c1-24-17-14(18(26)23-20(24)27)21-19(22-17)28-16(13-10-6-3-7-11-13)15(25)12-8-4-2-5-9-12/h2-11,16H,1H3,(H,21,22)(H,23,26,27). The molecule has 0 saturated heterocycles. The van der Waals surface area contributed by atoms with Crippen molar-refractivity contribution in [1.29, 1.82) is 0 Å². The molecule has 0 aliphatic rings. The summed E-state index contributed by atoms with van der Waals surface area (Å²) in [5.41, 5.74) is 0.775. The molecule has 2 aromatic carbocycles. The van der Waals surface area contributed by atoms with Gasteiger partial charge in [0.1, 0.15) is 5.25 Å². The number of nitrogens with one attached hydrogen (secondary N) is 2. The summed E-state index contributed by atoms with van der Waals surface area (Å²) in [5, 5.41) is -0.167. The first-order valence-electron chi connectivity index (χ1n) is 8.54. The normalized spacial score (nSPS) is 12.2. The summed E-state index contributed by atoms with van der Waals surface area (Å²) in [6.07, 6.45) is 0. The van der Waals surface area contributed by atoms with Gasteiger partial charge in [0.2, 0.25) is 0 Å². The fraction of sp³-hybridized carbons (Fsp3) is 0.100. The maximum Gasteiger partial charge on any atom is 0.329 e. The minimum atomic E-state index is -0.555. The van der Waals surface area contributed by atoms with Gasteiger partial charge in [0.25, 0.3) is 5.56 Å². The summed E-state index contributed by atoms with van der Waals surface area (Å²) in [5.74, 6) is -0.0694. The van der Waals surface area contributed by atoms with E-state index in [9.17, 15) is 14.4 Å². The number of nitrogens with zero attached hydrogens (tertiary/aromatic N) is 2. The van der Waals surface area contributed by atoms with E-state index in [-0.39, 0.29) is 16.9 Å². The van der Waals surface area contributed by atoms with Crippen molar-refractivity contribution in [2.75, 3.05) is 0 Å². The fourth-order valence-corrected chi connectivity index (χ4v) is 3.97. The number of rotatable bonds is 5. The number of hydrogen-bond donors (Lipinski definition) is 2. The average molecular weight is 392 g/mol. The Morgan fingerprint density at radius 3 is 2.32 bits per heavy atom. The summed E-state index contributed by atoms with van der Waals surface area (Å²) >= 11 is 1.21. The molecule has 4 rings (SSSR count). The van der Waals surface area contributed by atoms with Crippen LogP contribution in [0.5, 0.6) is 0 Å². The molecule has 0 fully saturated rings. The largest absolute Gasteiger partial charge is 0.329 e. The lowest BCUT2D eigenvalue weighted by molar-refractivity contribution is 0.0989. The number of Topliss-reactive ketones (excluding diaryl/α,β-unsaturated/α-hetero) is 1. The van der Waals surface area contributed by atoms with E-state index >= 15 is 0 Å². The number of H-pyrrole nitrogens is 2. The number of ketones is 1. The Balaban J connectivity index is 1.78. The van der Waals surface area contributed by atoms with Gasteiger partial charge in [0.15, 0.2) is 22.1 Å². The monoisotopic (exact) mass is 392 g/mol. The molecule has 0 spiro atoms. The maximum absolute atomic E-state index is 13.2. The predicted octanol–water partition coefficient (Wildman–Crippen LogP) is 2.67. The Morgan fingerprint density at radius 2 is 1.64 bits per heavy atom. The van der Waals surface area contributed by atoms with E-state index in [4.69, 9.17) is 0 Å². The molecule has 0 amide bonds. The van der Waals surface area contributed by atoms with Crippen LogP contribution in [0.2, 0.25) is 0 Å². The molecule has 0 aliphatic heterocycles. The summed E-state index contributed by atoms with van der Waals surface area (Å²) in [6.45, 7) is 0. The Morgan fingerprint density at radius 1 is 1.00 bits per heavy atom. The van der Waals surface area contributed by atoms with Gasteiger partial charge in [-0.3, -0.25) is 19.1 Å². The predicted molar refractivity (Wildman–Crippen MR) is 108 cm³/mol. The topological polar surface area (TPSA) is 101 Å². The van der Waals surface area contributed by atoms with E-state index < -0.39 is 16.5 Å². The number of fused-ring (bicyclic) bond motifs is 1. The molecule has 140 valence electrons. The second kappa shape index (κ2) is 7.32. The molecule has 0 bridgehead atoms. The smallest absolute Gasteiger partial charge is 0.327 e. The number of aromatic nitrogens is 4. The molecule has 7 nitrogen and oxygen atoms in total. The fourth-order valence-electron chi connectivity index (χ4n) is 2.91. The van der Waals surface area contributed by atoms with Gasteiger partial charge < -0.3 is 4.98 Å². The summed E-state index contributed by atoms with van der Waals surface area (Å²) in [4.78, 5) is 46.6. The molecular formula is C20H16N4O3S. The first-order valence-corrected chi connectivity index (χ1v) is 9.42. The number of thioether (sulfide) groups is 1. The molecular weight excluding hydrogens is 376 g/mol. The minimum absolute atomic E-state index is 0.0694. The third-order valence-corrected chi connectivity index (χ3v) is 5.50. The Kier molecular flexibility index (Phi) is 4.70. The zero-order valence-corrected chi connectivity index (χ0v) is 15.7. The van der Waals surface area contributed by atoms with Crippen LogP contribution >= 0.6 is 11.8 Å². The van der Waals surface area contributed by atoms with Crippen LogP contribution < -0.4 is 11.2 Å². The molecule has 0 saturated carbocycles. The summed E-state index contributed by atoms with van der Waals surface area (Å²) in [7, 11) is 1.53. The van der Waals surface area contributed by atoms with Crippen LogP contribution in [0.15, 0.2) is 75.4 Å². The molecule has 1 atom stereocenters. The van der Waals surface area contributed by atoms with Crippen LogP contribution in [0.4, 0.5) is 0 Å².